The smallest absolute Gasteiger partial charge is 0.236 e. The number of nitrogens with two attached hydrogens (primary N) is 1. The maximum Gasteiger partial charge on any atom is 0.236 e. The summed E-state index contributed by atoms with van der Waals surface area (Å²) >= 11 is 0. The zero-order chi connectivity index (χ0) is 10.8. The molecule has 0 aromatic rings. The molecule has 4 nitrogen and oxygen atoms in total. The molecular formula is C11H23Cl2N3O. The first-order valence-electron chi connectivity index (χ1n) is 5.94. The minimum Gasteiger partial charge on any atom is -0.354 e. The monoisotopic (exact) mass is 283 g/mol. The molecule has 1 saturated carbocycles. The van der Waals surface area contributed by atoms with Crippen LogP contribution in [0, 0.1) is 5.92 Å². The Morgan fingerprint density at radius 3 is 2.59 bits per heavy atom. The fraction of sp³-hybridized carbons (Fsp3) is 0.909. The van der Waals surface area contributed by atoms with Crippen molar-refractivity contribution in [1.29, 1.82) is 0 Å². The molecule has 17 heavy (non-hydrogen) atoms. The molecule has 1 heterocycles. The number of hydrogen-bond donors (Lipinski definition) is 2. The predicted molar refractivity (Wildman–Crippen MR) is 73.9 cm³/mol. The summed E-state index contributed by atoms with van der Waals surface area (Å²) in [7, 11) is 0. The van der Waals surface area contributed by atoms with Crippen molar-refractivity contribution in [3.63, 3.8) is 0 Å². The third kappa shape index (κ3) is 5.00. The zero-order valence-electron chi connectivity index (χ0n) is 10.2. The molecular weight excluding hydrogens is 261 g/mol. The van der Waals surface area contributed by atoms with Crippen LogP contribution in [-0.4, -0.2) is 42.5 Å². The van der Waals surface area contributed by atoms with Crippen LogP contribution in [0.4, 0.5) is 0 Å². The number of amides is 1. The van der Waals surface area contributed by atoms with E-state index in [2.05, 4.69) is 10.2 Å². The largest absolute Gasteiger partial charge is 0.354 e. The van der Waals surface area contributed by atoms with E-state index in [0.29, 0.717) is 5.92 Å². The van der Waals surface area contributed by atoms with E-state index in [1.165, 1.54) is 25.8 Å². The Morgan fingerprint density at radius 2 is 2.06 bits per heavy atom. The fourth-order valence-electron chi connectivity index (χ4n) is 2.21. The number of likely N-dealkylation sites (tertiary alicyclic amines) is 1. The highest BCUT2D eigenvalue weighted by Crippen LogP contribution is 2.31. The molecule has 0 aromatic heterocycles. The van der Waals surface area contributed by atoms with Crippen LogP contribution in [0.3, 0.4) is 0 Å². The van der Waals surface area contributed by atoms with Gasteiger partial charge >= 0.3 is 0 Å². The molecule has 1 unspecified atom stereocenters. The Morgan fingerprint density at radius 1 is 1.41 bits per heavy atom. The van der Waals surface area contributed by atoms with E-state index in [1.807, 2.05) is 0 Å². The number of nitrogens with zero attached hydrogens (tertiary/aromatic N) is 1. The Labute approximate surface area is 115 Å². The first-order chi connectivity index (χ1) is 7.16. The van der Waals surface area contributed by atoms with E-state index in [9.17, 15) is 4.79 Å². The maximum absolute atomic E-state index is 11.3. The number of carbonyl (C=O) groups is 1. The van der Waals surface area contributed by atoms with Gasteiger partial charge in [0.25, 0.3) is 0 Å². The van der Waals surface area contributed by atoms with Gasteiger partial charge in [0.2, 0.25) is 5.91 Å². The van der Waals surface area contributed by atoms with Crippen molar-refractivity contribution in [2.75, 3.05) is 19.6 Å². The summed E-state index contributed by atoms with van der Waals surface area (Å²) in [6, 6.07) is 0.477. The lowest BCUT2D eigenvalue weighted by molar-refractivity contribution is -0.122. The molecule has 102 valence electrons. The molecule has 0 bridgehead atoms. The topological polar surface area (TPSA) is 58.4 Å². The van der Waals surface area contributed by atoms with Gasteiger partial charge in [0, 0.05) is 19.1 Å². The van der Waals surface area contributed by atoms with Gasteiger partial charge in [-0.2, -0.15) is 0 Å². The lowest BCUT2D eigenvalue weighted by Crippen LogP contribution is -2.40. The summed E-state index contributed by atoms with van der Waals surface area (Å²) in [5.41, 5.74) is 5.48. The minimum atomic E-state index is -0.383. The van der Waals surface area contributed by atoms with Crippen molar-refractivity contribution in [2.45, 2.75) is 38.3 Å². The quantitative estimate of drug-likeness (QED) is 0.802. The van der Waals surface area contributed by atoms with Crippen molar-refractivity contribution >= 4 is 30.7 Å². The highest BCUT2D eigenvalue weighted by atomic mass is 35.5. The lowest BCUT2D eigenvalue weighted by Gasteiger charge is -2.15. The molecule has 2 rings (SSSR count). The Kier molecular flexibility index (Phi) is 7.40. The molecule has 1 saturated heterocycles. The molecule has 2 fully saturated rings. The van der Waals surface area contributed by atoms with Crippen molar-refractivity contribution in [1.82, 2.24) is 10.2 Å². The van der Waals surface area contributed by atoms with Gasteiger partial charge in [-0.3, -0.25) is 4.79 Å². The summed E-state index contributed by atoms with van der Waals surface area (Å²) in [6.45, 7) is 4.89. The van der Waals surface area contributed by atoms with E-state index in [1.54, 1.807) is 6.92 Å². The second-order valence-corrected chi connectivity index (χ2v) is 4.91. The van der Waals surface area contributed by atoms with Gasteiger partial charge in [-0.25, -0.2) is 0 Å². The Bertz CT molecular complexity index is 247. The Balaban J connectivity index is 0.00000128. The molecule has 1 aliphatic heterocycles. The van der Waals surface area contributed by atoms with Gasteiger partial charge in [-0.1, -0.05) is 0 Å². The van der Waals surface area contributed by atoms with Crippen LogP contribution in [0.5, 0.6) is 0 Å². The first-order valence-corrected chi connectivity index (χ1v) is 5.94. The summed E-state index contributed by atoms with van der Waals surface area (Å²) in [5, 5.41) is 2.91. The third-order valence-corrected chi connectivity index (χ3v) is 3.36. The lowest BCUT2D eigenvalue weighted by atomic mass is 10.1. The molecule has 0 aromatic carbocycles. The zero-order valence-corrected chi connectivity index (χ0v) is 11.9. The fourth-order valence-corrected chi connectivity index (χ4v) is 2.21. The minimum absolute atomic E-state index is 0. The van der Waals surface area contributed by atoms with Gasteiger partial charge in [-0.15, -0.1) is 24.8 Å². The SMILES string of the molecule is C[C@H](N)C(=O)NCC1CCN(C2CC2)C1.Cl.Cl. The molecule has 2 aliphatic rings. The second kappa shape index (κ2) is 7.41. The molecule has 1 amide bonds. The van der Waals surface area contributed by atoms with Crippen molar-refractivity contribution < 1.29 is 4.79 Å². The predicted octanol–water partition coefficient (Wildman–Crippen LogP) is 0.778. The summed E-state index contributed by atoms with van der Waals surface area (Å²) in [6.07, 6.45) is 3.97. The number of rotatable bonds is 4. The number of nitrogens with one attached hydrogen (secondary N) is 1. The average Bonchev–Trinajstić information content (AvgIpc) is 2.95. The standard InChI is InChI=1S/C11H21N3O.2ClH/c1-8(12)11(15)13-6-9-4-5-14(7-9)10-2-3-10;;/h8-10H,2-7,12H2,1H3,(H,13,15);2*1H/t8-,9?;;/m0../s1. The first kappa shape index (κ1) is 17.0. The number of carbonyl (C=O) groups excluding carboxylic acids is 1. The highest BCUT2D eigenvalue weighted by Gasteiger charge is 2.34. The normalized spacial score (nSPS) is 25.6. The second-order valence-electron chi connectivity index (χ2n) is 4.91. The van der Waals surface area contributed by atoms with Crippen LogP contribution in [-0.2, 0) is 4.79 Å². The van der Waals surface area contributed by atoms with E-state index >= 15 is 0 Å². The molecule has 3 N–H and O–H groups in total. The number of hydrogen-bond acceptors (Lipinski definition) is 3. The molecule has 6 heteroatoms. The molecule has 1 aliphatic carbocycles. The highest BCUT2D eigenvalue weighted by molar-refractivity contribution is 5.85. The van der Waals surface area contributed by atoms with Crippen LogP contribution in [0.25, 0.3) is 0 Å². The third-order valence-electron chi connectivity index (χ3n) is 3.36. The summed E-state index contributed by atoms with van der Waals surface area (Å²) in [4.78, 5) is 13.8. The number of halogens is 2. The van der Waals surface area contributed by atoms with Crippen molar-refractivity contribution in [3.8, 4) is 0 Å². The summed E-state index contributed by atoms with van der Waals surface area (Å²) in [5.74, 6) is 0.605. The Hall–Kier alpha value is -0.0300. The van der Waals surface area contributed by atoms with Gasteiger partial charge in [0.1, 0.15) is 0 Å². The van der Waals surface area contributed by atoms with Gasteiger partial charge in [0.05, 0.1) is 6.04 Å². The van der Waals surface area contributed by atoms with E-state index < -0.39 is 0 Å². The van der Waals surface area contributed by atoms with Gasteiger partial charge in [-0.05, 0) is 38.6 Å². The van der Waals surface area contributed by atoms with Crippen LogP contribution in [0.1, 0.15) is 26.2 Å². The van der Waals surface area contributed by atoms with E-state index in [4.69, 9.17) is 5.73 Å². The van der Waals surface area contributed by atoms with Crippen LogP contribution in [0.2, 0.25) is 0 Å². The van der Waals surface area contributed by atoms with Crippen LogP contribution >= 0.6 is 24.8 Å². The van der Waals surface area contributed by atoms with E-state index in [0.717, 1.165) is 19.1 Å². The van der Waals surface area contributed by atoms with Crippen LogP contribution < -0.4 is 11.1 Å². The molecule has 0 spiro atoms. The van der Waals surface area contributed by atoms with Gasteiger partial charge in [0.15, 0.2) is 0 Å². The van der Waals surface area contributed by atoms with Crippen molar-refractivity contribution in [2.24, 2.45) is 11.7 Å². The van der Waals surface area contributed by atoms with Gasteiger partial charge < -0.3 is 16.0 Å². The molecule has 0 radical (unpaired) electrons. The van der Waals surface area contributed by atoms with E-state index in [-0.39, 0.29) is 36.8 Å². The summed E-state index contributed by atoms with van der Waals surface area (Å²) < 4.78 is 0. The average molecular weight is 284 g/mol. The van der Waals surface area contributed by atoms with Crippen molar-refractivity contribution in [3.05, 3.63) is 0 Å². The maximum atomic E-state index is 11.3. The molecule has 2 atom stereocenters. The van der Waals surface area contributed by atoms with Crippen LogP contribution in [0.15, 0.2) is 0 Å².